The van der Waals surface area contributed by atoms with Gasteiger partial charge in [0.05, 0.1) is 19.3 Å². The molecule has 1 aliphatic rings. The number of hydrogen-bond acceptors (Lipinski definition) is 8. The van der Waals surface area contributed by atoms with E-state index in [2.05, 4.69) is 24.4 Å². The Balaban J connectivity index is 1.47. The van der Waals surface area contributed by atoms with E-state index in [1.165, 1.54) is 17.3 Å². The van der Waals surface area contributed by atoms with E-state index in [0.29, 0.717) is 64.3 Å². The van der Waals surface area contributed by atoms with Gasteiger partial charge in [-0.3, -0.25) is 0 Å². The Kier molecular flexibility index (Phi) is 9.39. The van der Waals surface area contributed by atoms with Crippen LogP contribution < -0.4 is 14.8 Å². The smallest absolute Gasteiger partial charge is 0.338 e. The average molecular weight is 605 g/mol. The van der Waals surface area contributed by atoms with Crippen LogP contribution in [0, 0.1) is 6.92 Å². The molecule has 0 saturated heterocycles. The first kappa shape index (κ1) is 29.5. The molecule has 5 rings (SSSR count). The maximum absolute atomic E-state index is 13.4. The molecule has 8 nitrogen and oxygen atoms in total. The van der Waals surface area contributed by atoms with Gasteiger partial charge in [0.25, 0.3) is 0 Å². The molecule has 2 heterocycles. The number of thioether (sulfide) groups is 1. The topological polar surface area (TPSA) is 87.5 Å². The van der Waals surface area contributed by atoms with E-state index in [1.54, 1.807) is 11.8 Å². The molecule has 42 heavy (non-hydrogen) atoms. The number of aryl methyl sites for hydroxylation is 1. The number of rotatable bonds is 11. The lowest BCUT2D eigenvalue weighted by molar-refractivity contribution is -0.139. The summed E-state index contributed by atoms with van der Waals surface area (Å²) < 4.78 is 19.2. The number of allylic oxidation sites excluding steroid dienone is 1. The minimum absolute atomic E-state index is 0.320. The van der Waals surface area contributed by atoms with Crippen molar-refractivity contribution >= 4 is 35.3 Å². The molecule has 0 fully saturated rings. The SMILES string of the molecule is CCCOC(=O)C1=C(C)Nc2nc(SCc3ccccc3Cl)nn2C1c1ccc(OCc2cccc(C)c2)c(OC)c1. The van der Waals surface area contributed by atoms with E-state index in [1.807, 2.05) is 68.4 Å². The number of halogens is 1. The van der Waals surface area contributed by atoms with Gasteiger partial charge in [-0.25, -0.2) is 9.48 Å². The van der Waals surface area contributed by atoms with Gasteiger partial charge >= 0.3 is 5.97 Å². The van der Waals surface area contributed by atoms with Gasteiger partial charge in [-0.1, -0.05) is 84.4 Å². The number of methoxy groups -OCH3 is 1. The first-order valence-corrected chi connectivity index (χ1v) is 15.1. The summed E-state index contributed by atoms with van der Waals surface area (Å²) in [6.07, 6.45) is 0.717. The highest BCUT2D eigenvalue weighted by molar-refractivity contribution is 7.98. The number of anilines is 1. The van der Waals surface area contributed by atoms with Gasteiger partial charge < -0.3 is 19.5 Å². The van der Waals surface area contributed by atoms with Gasteiger partial charge in [-0.05, 0) is 55.2 Å². The van der Waals surface area contributed by atoms with Crippen LogP contribution in [0.15, 0.2) is 83.2 Å². The van der Waals surface area contributed by atoms with Crippen molar-refractivity contribution in [1.29, 1.82) is 0 Å². The molecule has 1 atom stereocenters. The molecule has 4 aromatic rings. The highest BCUT2D eigenvalue weighted by Crippen LogP contribution is 2.40. The third-order valence-corrected chi connectivity index (χ3v) is 8.04. The summed E-state index contributed by atoms with van der Waals surface area (Å²) >= 11 is 7.83. The fourth-order valence-electron chi connectivity index (χ4n) is 4.73. The van der Waals surface area contributed by atoms with Crippen LogP contribution in [0.5, 0.6) is 11.5 Å². The van der Waals surface area contributed by atoms with Crippen LogP contribution in [0.3, 0.4) is 0 Å². The van der Waals surface area contributed by atoms with Crippen LogP contribution in [0.1, 0.15) is 48.6 Å². The summed E-state index contributed by atoms with van der Waals surface area (Å²) in [5, 5.41) is 9.32. The lowest BCUT2D eigenvalue weighted by Gasteiger charge is -2.28. The van der Waals surface area contributed by atoms with E-state index >= 15 is 0 Å². The van der Waals surface area contributed by atoms with Crippen molar-refractivity contribution in [2.24, 2.45) is 0 Å². The third kappa shape index (κ3) is 6.58. The number of benzene rings is 3. The summed E-state index contributed by atoms with van der Waals surface area (Å²) in [6, 6.07) is 20.9. The number of hydrogen-bond donors (Lipinski definition) is 1. The zero-order valence-electron chi connectivity index (χ0n) is 24.0. The molecule has 1 aromatic heterocycles. The molecule has 3 aromatic carbocycles. The van der Waals surface area contributed by atoms with Gasteiger partial charge in [0.1, 0.15) is 12.6 Å². The van der Waals surface area contributed by atoms with Crippen molar-refractivity contribution in [1.82, 2.24) is 14.8 Å². The summed E-state index contributed by atoms with van der Waals surface area (Å²) in [4.78, 5) is 18.1. The van der Waals surface area contributed by atoms with Crippen LogP contribution in [-0.2, 0) is 21.9 Å². The second-order valence-corrected chi connectivity index (χ2v) is 11.3. The standard InChI is InChI=1S/C32H33ClN4O4S/c1-5-15-40-30(38)28-21(3)34-31-35-32(42-19-24-11-6-7-12-25(24)33)36-37(31)29(28)23-13-14-26(27(17-23)39-4)41-18-22-10-8-9-20(2)16-22/h6-14,16-17,29H,5,15,18-19H2,1-4H3,(H,34,35,36). The number of aromatic nitrogens is 3. The minimum atomic E-state index is -0.590. The van der Waals surface area contributed by atoms with Crippen molar-refractivity contribution < 1.29 is 19.0 Å². The largest absolute Gasteiger partial charge is 0.493 e. The Labute approximate surface area is 255 Å². The quantitative estimate of drug-likeness (QED) is 0.140. The fraction of sp³-hybridized carbons (Fsp3) is 0.281. The molecule has 10 heteroatoms. The predicted octanol–water partition coefficient (Wildman–Crippen LogP) is 7.36. The Morgan fingerprint density at radius 2 is 1.90 bits per heavy atom. The van der Waals surface area contributed by atoms with Crippen molar-refractivity contribution in [3.05, 3.63) is 105 Å². The summed E-state index contributed by atoms with van der Waals surface area (Å²) in [6.45, 7) is 6.58. The van der Waals surface area contributed by atoms with Crippen molar-refractivity contribution in [2.45, 2.75) is 50.8 Å². The van der Waals surface area contributed by atoms with Crippen LogP contribution in [0.4, 0.5) is 5.95 Å². The number of nitrogens with zero attached hydrogens (tertiary/aromatic N) is 3. The monoisotopic (exact) mass is 604 g/mol. The second-order valence-electron chi connectivity index (χ2n) is 9.93. The number of ether oxygens (including phenoxy) is 3. The summed E-state index contributed by atoms with van der Waals surface area (Å²) in [5.74, 6) is 1.88. The van der Waals surface area contributed by atoms with Gasteiger partial charge in [-0.2, -0.15) is 4.98 Å². The maximum Gasteiger partial charge on any atom is 0.338 e. The van der Waals surface area contributed by atoms with Gasteiger partial charge in [0, 0.05) is 16.5 Å². The van der Waals surface area contributed by atoms with Crippen LogP contribution in [-0.4, -0.2) is 34.5 Å². The molecule has 218 valence electrons. The van der Waals surface area contributed by atoms with Crippen LogP contribution in [0.2, 0.25) is 5.02 Å². The number of carbonyl (C=O) groups excluding carboxylic acids is 1. The van der Waals surface area contributed by atoms with Gasteiger partial charge in [-0.15, -0.1) is 5.10 Å². The highest BCUT2D eigenvalue weighted by Gasteiger charge is 2.36. The molecule has 1 N–H and O–H groups in total. The van der Waals surface area contributed by atoms with E-state index in [-0.39, 0.29) is 0 Å². The minimum Gasteiger partial charge on any atom is -0.493 e. The number of carbonyl (C=O) groups is 1. The van der Waals surface area contributed by atoms with E-state index in [4.69, 9.17) is 35.9 Å². The zero-order chi connectivity index (χ0) is 29.6. The Bertz CT molecular complexity index is 1620. The lowest BCUT2D eigenvalue weighted by Crippen LogP contribution is -2.29. The van der Waals surface area contributed by atoms with E-state index < -0.39 is 12.0 Å². The normalized spacial score (nSPS) is 14.3. The number of nitrogens with one attached hydrogen (secondary N) is 1. The molecule has 0 aliphatic carbocycles. The fourth-order valence-corrected chi connectivity index (χ4v) is 5.85. The van der Waals surface area contributed by atoms with Crippen molar-refractivity contribution in [3.8, 4) is 11.5 Å². The Morgan fingerprint density at radius 3 is 2.67 bits per heavy atom. The maximum atomic E-state index is 13.4. The summed E-state index contributed by atoms with van der Waals surface area (Å²) in [7, 11) is 1.60. The van der Waals surface area contributed by atoms with Gasteiger partial charge in [0.2, 0.25) is 11.1 Å². The Hall–Kier alpha value is -3.95. The van der Waals surface area contributed by atoms with E-state index in [9.17, 15) is 4.79 Å². The Morgan fingerprint density at radius 1 is 1.07 bits per heavy atom. The van der Waals surface area contributed by atoms with Crippen LogP contribution >= 0.6 is 23.4 Å². The molecule has 0 bridgehead atoms. The molecule has 1 aliphatic heterocycles. The second kappa shape index (κ2) is 13.4. The molecular formula is C32H33ClN4O4S. The third-order valence-electron chi connectivity index (χ3n) is 6.79. The van der Waals surface area contributed by atoms with Crippen molar-refractivity contribution in [2.75, 3.05) is 19.0 Å². The zero-order valence-corrected chi connectivity index (χ0v) is 25.6. The van der Waals surface area contributed by atoms with Gasteiger partial charge in [0.15, 0.2) is 11.5 Å². The number of fused-ring (bicyclic) bond motifs is 1. The summed E-state index contributed by atoms with van der Waals surface area (Å²) in [5.41, 5.74) is 5.12. The van der Waals surface area contributed by atoms with E-state index in [0.717, 1.165) is 16.7 Å². The molecule has 0 spiro atoms. The highest BCUT2D eigenvalue weighted by atomic mass is 35.5. The van der Waals surface area contributed by atoms with Crippen LogP contribution in [0.25, 0.3) is 0 Å². The predicted molar refractivity (Wildman–Crippen MR) is 165 cm³/mol. The molecule has 0 radical (unpaired) electrons. The molecule has 1 unspecified atom stereocenters. The number of esters is 1. The average Bonchev–Trinajstić information content (AvgIpc) is 3.40. The first-order chi connectivity index (χ1) is 20.4. The molecule has 0 saturated carbocycles. The first-order valence-electron chi connectivity index (χ1n) is 13.7. The lowest BCUT2D eigenvalue weighted by atomic mass is 9.95. The molecule has 0 amide bonds. The van der Waals surface area contributed by atoms with Crippen molar-refractivity contribution in [3.63, 3.8) is 0 Å². The molecular weight excluding hydrogens is 572 g/mol.